The number of rotatable bonds is 2. The Labute approximate surface area is 79.9 Å². The zero-order chi connectivity index (χ0) is 10.8. The van der Waals surface area contributed by atoms with Crippen molar-refractivity contribution >= 4 is 0 Å². The lowest BCUT2D eigenvalue weighted by Gasteiger charge is -2.20. The van der Waals surface area contributed by atoms with Crippen LogP contribution in [0.2, 0.25) is 0 Å². The summed E-state index contributed by atoms with van der Waals surface area (Å²) in [4.78, 5) is 3.74. The van der Waals surface area contributed by atoms with Crippen LogP contribution in [-0.2, 0) is 0 Å². The molecule has 0 saturated carbocycles. The molecule has 2 nitrogen and oxygen atoms in total. The summed E-state index contributed by atoms with van der Waals surface area (Å²) >= 11 is 0. The van der Waals surface area contributed by atoms with Gasteiger partial charge in [0.05, 0.1) is 5.92 Å². The smallest absolute Gasteiger partial charge is 0.330 e. The van der Waals surface area contributed by atoms with Gasteiger partial charge in [-0.1, -0.05) is 0 Å². The lowest BCUT2D eigenvalue weighted by atomic mass is 9.96. The Kier molecular flexibility index (Phi) is 3.10. The first-order valence-electron chi connectivity index (χ1n) is 4.14. The molecule has 0 aliphatic heterocycles. The van der Waals surface area contributed by atoms with E-state index in [1.54, 1.807) is 6.92 Å². The highest BCUT2D eigenvalue weighted by atomic mass is 19.4. The number of halogens is 3. The number of pyridine rings is 1. The van der Waals surface area contributed by atoms with Gasteiger partial charge >= 0.3 is 6.18 Å². The third kappa shape index (κ3) is 2.23. The van der Waals surface area contributed by atoms with E-state index in [9.17, 15) is 13.2 Å². The highest BCUT2D eigenvalue weighted by Gasteiger charge is 2.40. The summed E-state index contributed by atoms with van der Waals surface area (Å²) in [6, 6.07) is 1.36. The minimum absolute atomic E-state index is 0.204. The highest BCUT2D eigenvalue weighted by molar-refractivity contribution is 5.27. The fourth-order valence-electron chi connectivity index (χ4n) is 1.31. The molecule has 2 N–H and O–H groups in total. The van der Waals surface area contributed by atoms with Crippen molar-refractivity contribution in [3.63, 3.8) is 0 Å². The van der Waals surface area contributed by atoms with Gasteiger partial charge in [0, 0.05) is 18.9 Å². The van der Waals surface area contributed by atoms with Gasteiger partial charge in [-0.25, -0.2) is 0 Å². The molecule has 1 atom stereocenters. The number of hydrogen-bond acceptors (Lipinski definition) is 2. The van der Waals surface area contributed by atoms with E-state index >= 15 is 0 Å². The summed E-state index contributed by atoms with van der Waals surface area (Å²) in [7, 11) is 0. The normalized spacial score (nSPS) is 14.1. The van der Waals surface area contributed by atoms with Crippen LogP contribution in [-0.4, -0.2) is 17.7 Å². The first kappa shape index (κ1) is 11.0. The topological polar surface area (TPSA) is 38.9 Å². The Bertz CT molecular complexity index is 309. The van der Waals surface area contributed by atoms with Crippen LogP contribution in [0, 0.1) is 6.92 Å². The van der Waals surface area contributed by atoms with Crippen molar-refractivity contribution in [2.75, 3.05) is 6.54 Å². The van der Waals surface area contributed by atoms with Crippen molar-refractivity contribution in [2.24, 2.45) is 5.73 Å². The molecule has 1 aromatic rings. The van der Waals surface area contributed by atoms with Crippen molar-refractivity contribution in [3.8, 4) is 0 Å². The molecule has 0 radical (unpaired) electrons. The molecule has 1 rings (SSSR count). The summed E-state index contributed by atoms with van der Waals surface area (Å²) in [5, 5.41) is 0. The van der Waals surface area contributed by atoms with Gasteiger partial charge in [-0.15, -0.1) is 0 Å². The van der Waals surface area contributed by atoms with Crippen molar-refractivity contribution in [1.29, 1.82) is 0 Å². The summed E-state index contributed by atoms with van der Waals surface area (Å²) in [5.74, 6) is -1.59. The maximum atomic E-state index is 12.5. The summed E-state index contributed by atoms with van der Waals surface area (Å²) in [6.07, 6.45) is -1.54. The molecule has 1 aromatic heterocycles. The van der Waals surface area contributed by atoms with Gasteiger partial charge < -0.3 is 5.73 Å². The maximum Gasteiger partial charge on any atom is 0.396 e. The minimum atomic E-state index is -4.29. The van der Waals surface area contributed by atoms with Crippen LogP contribution in [0.25, 0.3) is 0 Å². The molecule has 0 aliphatic carbocycles. The predicted octanol–water partition coefficient (Wildman–Crippen LogP) is 1.99. The van der Waals surface area contributed by atoms with Crippen molar-refractivity contribution < 1.29 is 13.2 Å². The second-order valence-corrected chi connectivity index (χ2v) is 3.06. The van der Waals surface area contributed by atoms with Gasteiger partial charge in [0.1, 0.15) is 0 Å². The van der Waals surface area contributed by atoms with E-state index in [0.29, 0.717) is 5.56 Å². The fourth-order valence-corrected chi connectivity index (χ4v) is 1.31. The lowest BCUT2D eigenvalue weighted by molar-refractivity contribution is -0.148. The first-order valence-corrected chi connectivity index (χ1v) is 4.14. The van der Waals surface area contributed by atoms with Crippen LogP contribution in [0.4, 0.5) is 13.2 Å². The van der Waals surface area contributed by atoms with E-state index < -0.39 is 18.6 Å². The van der Waals surface area contributed by atoms with Gasteiger partial charge in [0.25, 0.3) is 0 Å². The second kappa shape index (κ2) is 3.96. The first-order chi connectivity index (χ1) is 6.46. The predicted molar refractivity (Wildman–Crippen MR) is 46.8 cm³/mol. The molecular formula is C9H11F3N2. The van der Waals surface area contributed by atoms with Crippen LogP contribution < -0.4 is 5.73 Å². The van der Waals surface area contributed by atoms with E-state index in [0.717, 1.165) is 0 Å². The zero-order valence-electron chi connectivity index (χ0n) is 7.67. The van der Waals surface area contributed by atoms with Crippen LogP contribution in [0.3, 0.4) is 0 Å². The van der Waals surface area contributed by atoms with Crippen molar-refractivity contribution in [3.05, 3.63) is 29.6 Å². The summed E-state index contributed by atoms with van der Waals surface area (Å²) in [6.45, 7) is 1.16. The number of alkyl halides is 3. The minimum Gasteiger partial charge on any atom is -0.330 e. The molecule has 1 unspecified atom stereocenters. The quantitative estimate of drug-likeness (QED) is 0.800. The Morgan fingerprint density at radius 2 is 2.14 bits per heavy atom. The number of hydrogen-bond donors (Lipinski definition) is 1. The van der Waals surface area contributed by atoms with Gasteiger partial charge in [0.2, 0.25) is 0 Å². The van der Waals surface area contributed by atoms with Gasteiger partial charge in [-0.05, 0) is 24.1 Å². The third-order valence-corrected chi connectivity index (χ3v) is 2.07. The van der Waals surface area contributed by atoms with Gasteiger partial charge in [-0.2, -0.15) is 13.2 Å². The molecule has 5 heteroatoms. The molecular weight excluding hydrogens is 193 g/mol. The number of nitrogens with two attached hydrogens (primary N) is 1. The Morgan fingerprint density at radius 3 is 2.57 bits per heavy atom. The zero-order valence-corrected chi connectivity index (χ0v) is 7.67. The van der Waals surface area contributed by atoms with Crippen LogP contribution in [0.5, 0.6) is 0 Å². The SMILES string of the molecule is Cc1cnccc1C(CN)C(F)(F)F. The average Bonchev–Trinajstić information content (AvgIpc) is 2.07. The third-order valence-electron chi connectivity index (χ3n) is 2.07. The molecule has 78 valence electrons. The van der Waals surface area contributed by atoms with Gasteiger partial charge in [-0.3, -0.25) is 4.98 Å². The molecule has 14 heavy (non-hydrogen) atoms. The molecule has 0 aliphatic rings. The largest absolute Gasteiger partial charge is 0.396 e. The lowest BCUT2D eigenvalue weighted by Crippen LogP contribution is -2.28. The average molecular weight is 204 g/mol. The highest BCUT2D eigenvalue weighted by Crippen LogP contribution is 2.34. The molecule has 1 heterocycles. The van der Waals surface area contributed by atoms with E-state index in [1.807, 2.05) is 0 Å². The fraction of sp³-hybridized carbons (Fsp3) is 0.444. The van der Waals surface area contributed by atoms with Crippen molar-refractivity contribution in [2.45, 2.75) is 19.0 Å². The van der Waals surface area contributed by atoms with E-state index in [4.69, 9.17) is 5.73 Å². The maximum absolute atomic E-state index is 12.5. The number of nitrogens with zero attached hydrogens (tertiary/aromatic N) is 1. The molecule has 0 saturated heterocycles. The Hall–Kier alpha value is -1.10. The van der Waals surface area contributed by atoms with E-state index in [-0.39, 0.29) is 5.56 Å². The molecule has 0 spiro atoms. The van der Waals surface area contributed by atoms with Crippen LogP contribution in [0.1, 0.15) is 17.0 Å². The molecule has 0 amide bonds. The number of aryl methyl sites for hydroxylation is 1. The Morgan fingerprint density at radius 1 is 1.50 bits per heavy atom. The Balaban J connectivity index is 3.08. The van der Waals surface area contributed by atoms with Gasteiger partial charge in [0.15, 0.2) is 0 Å². The van der Waals surface area contributed by atoms with Crippen molar-refractivity contribution in [1.82, 2.24) is 4.98 Å². The monoisotopic (exact) mass is 204 g/mol. The molecule has 0 fully saturated rings. The second-order valence-electron chi connectivity index (χ2n) is 3.06. The number of aromatic nitrogens is 1. The van der Waals surface area contributed by atoms with E-state index in [1.165, 1.54) is 18.5 Å². The van der Waals surface area contributed by atoms with E-state index in [2.05, 4.69) is 4.98 Å². The summed E-state index contributed by atoms with van der Waals surface area (Å²) in [5.41, 5.74) is 5.84. The van der Waals surface area contributed by atoms with Crippen LogP contribution >= 0.6 is 0 Å². The molecule has 0 aromatic carbocycles. The summed E-state index contributed by atoms with van der Waals surface area (Å²) < 4.78 is 37.5. The standard InChI is InChI=1S/C9H11F3N2/c1-6-5-14-3-2-7(6)8(4-13)9(10,11)12/h2-3,5,8H,4,13H2,1H3. The van der Waals surface area contributed by atoms with Crippen LogP contribution in [0.15, 0.2) is 18.5 Å². The molecule has 0 bridgehead atoms.